The van der Waals surface area contributed by atoms with Gasteiger partial charge in [0.25, 0.3) is 0 Å². The highest BCUT2D eigenvalue weighted by atomic mass is 14.7. The number of hydrogen-bond acceptors (Lipinski definition) is 1. The van der Waals surface area contributed by atoms with Crippen LogP contribution in [0.15, 0.2) is 40.9 Å². The van der Waals surface area contributed by atoms with Crippen LogP contribution in [-0.2, 0) is 0 Å². The van der Waals surface area contributed by atoms with Crippen LogP contribution in [0.1, 0.15) is 72.6 Å². The molecule has 0 amide bonds. The van der Waals surface area contributed by atoms with Gasteiger partial charge in [0.15, 0.2) is 0 Å². The Kier molecular flexibility index (Phi) is 9.11. The molecule has 0 heterocycles. The molecule has 0 spiro atoms. The molecule has 2 atom stereocenters. The fourth-order valence-electron chi connectivity index (χ4n) is 3.27. The third-order valence-corrected chi connectivity index (χ3v) is 5.04. The average Bonchev–Trinajstić information content (AvgIpc) is 2.52. The van der Waals surface area contributed by atoms with E-state index in [1.807, 2.05) is 0 Å². The zero-order valence-electron chi connectivity index (χ0n) is 15.2. The molecule has 1 aliphatic rings. The summed E-state index contributed by atoms with van der Waals surface area (Å²) in [7, 11) is 0. The minimum atomic E-state index is 0.879. The van der Waals surface area contributed by atoms with Crippen molar-refractivity contribution in [2.45, 2.75) is 72.6 Å². The van der Waals surface area contributed by atoms with Gasteiger partial charge in [-0.25, -0.2) is 0 Å². The van der Waals surface area contributed by atoms with Crippen molar-refractivity contribution in [3.63, 3.8) is 0 Å². The molecule has 124 valence electrons. The first-order chi connectivity index (χ1) is 10.6. The van der Waals surface area contributed by atoms with E-state index >= 15 is 0 Å². The molecule has 0 saturated heterocycles. The Bertz CT molecular complexity index is 425. The van der Waals surface area contributed by atoms with Crippen molar-refractivity contribution in [2.75, 3.05) is 6.54 Å². The highest BCUT2D eigenvalue weighted by Gasteiger charge is 2.20. The van der Waals surface area contributed by atoms with E-state index in [-0.39, 0.29) is 0 Å². The molecule has 1 heteroatoms. The second-order valence-corrected chi connectivity index (χ2v) is 6.69. The monoisotopic (exact) mass is 301 g/mol. The topological polar surface area (TPSA) is 12.4 Å². The normalized spacial score (nSPS) is 24.0. The Balaban J connectivity index is 2.55. The van der Waals surface area contributed by atoms with Crippen LogP contribution < -0.4 is 0 Å². The zero-order valence-corrected chi connectivity index (χ0v) is 15.2. The Labute approximate surface area is 138 Å². The second kappa shape index (κ2) is 10.6. The Morgan fingerprint density at radius 2 is 1.95 bits per heavy atom. The van der Waals surface area contributed by atoms with Gasteiger partial charge < -0.3 is 0 Å². The number of hydrogen-bond donors (Lipinski definition) is 0. The van der Waals surface area contributed by atoms with Gasteiger partial charge in [0.2, 0.25) is 0 Å². The molecule has 1 fully saturated rings. The molecule has 0 radical (unpaired) electrons. The van der Waals surface area contributed by atoms with E-state index in [0.717, 1.165) is 31.2 Å². The van der Waals surface area contributed by atoms with Gasteiger partial charge in [0.05, 0.1) is 0 Å². The Hall–Kier alpha value is -1.11. The number of rotatable bonds is 8. The van der Waals surface area contributed by atoms with E-state index in [1.165, 1.54) is 49.0 Å². The minimum absolute atomic E-state index is 0.879. The molecule has 0 bridgehead atoms. The van der Waals surface area contributed by atoms with Crippen molar-refractivity contribution in [3.8, 4) is 0 Å². The van der Waals surface area contributed by atoms with Gasteiger partial charge in [-0.1, -0.05) is 63.8 Å². The van der Waals surface area contributed by atoms with Crippen molar-refractivity contribution in [2.24, 2.45) is 16.8 Å². The molecular weight excluding hydrogens is 266 g/mol. The molecule has 1 nitrogen and oxygen atoms in total. The standard InChI is InChI=1S/C21H35N/c1-6-17(3)18(4)12-10-14-21(22-7-2)16-15-20-13-9-8-11-19(20)5/h10,12,14,19-20H,3,6-9,11,13,15-16H2,1-2,4-5H3/b14-10-,18-12-,22-21?/t19?,20-/m1/s1. The maximum atomic E-state index is 4.67. The van der Waals surface area contributed by atoms with Crippen molar-refractivity contribution in [1.29, 1.82) is 0 Å². The Morgan fingerprint density at radius 1 is 1.23 bits per heavy atom. The summed E-state index contributed by atoms with van der Waals surface area (Å²) in [5, 5.41) is 0. The van der Waals surface area contributed by atoms with E-state index in [9.17, 15) is 0 Å². The molecule has 1 saturated carbocycles. The van der Waals surface area contributed by atoms with E-state index < -0.39 is 0 Å². The second-order valence-electron chi connectivity index (χ2n) is 6.69. The molecule has 0 aromatic heterocycles. The van der Waals surface area contributed by atoms with Gasteiger partial charge in [0, 0.05) is 12.3 Å². The maximum absolute atomic E-state index is 4.67. The van der Waals surface area contributed by atoms with Crippen LogP contribution in [0.3, 0.4) is 0 Å². The van der Waals surface area contributed by atoms with E-state index in [4.69, 9.17) is 0 Å². The van der Waals surface area contributed by atoms with Gasteiger partial charge in [-0.15, -0.1) is 0 Å². The fourth-order valence-corrected chi connectivity index (χ4v) is 3.27. The summed E-state index contributed by atoms with van der Waals surface area (Å²) >= 11 is 0. The summed E-state index contributed by atoms with van der Waals surface area (Å²) in [6.07, 6.45) is 15.6. The summed E-state index contributed by atoms with van der Waals surface area (Å²) in [6, 6.07) is 0. The number of allylic oxidation sites excluding steroid dienone is 5. The number of aliphatic imine (C=N–C) groups is 1. The highest BCUT2D eigenvalue weighted by Crippen LogP contribution is 2.32. The van der Waals surface area contributed by atoms with Gasteiger partial charge in [-0.05, 0) is 56.6 Å². The van der Waals surface area contributed by atoms with Gasteiger partial charge in [-0.3, -0.25) is 4.99 Å². The van der Waals surface area contributed by atoms with Crippen LogP contribution in [-0.4, -0.2) is 12.3 Å². The summed E-state index contributed by atoms with van der Waals surface area (Å²) < 4.78 is 0. The lowest BCUT2D eigenvalue weighted by atomic mass is 9.78. The first-order valence-corrected chi connectivity index (χ1v) is 9.14. The van der Waals surface area contributed by atoms with Crippen LogP contribution in [0.25, 0.3) is 0 Å². The molecule has 0 N–H and O–H groups in total. The van der Waals surface area contributed by atoms with Crippen LogP contribution in [0.4, 0.5) is 0 Å². The first kappa shape index (κ1) is 18.9. The lowest BCUT2D eigenvalue weighted by Crippen LogP contribution is -2.17. The summed E-state index contributed by atoms with van der Waals surface area (Å²) in [6.45, 7) is 13.8. The molecule has 0 aromatic rings. The van der Waals surface area contributed by atoms with Crippen molar-refractivity contribution < 1.29 is 0 Å². The van der Waals surface area contributed by atoms with E-state index in [0.29, 0.717) is 0 Å². The predicted octanol–water partition coefficient (Wildman–Crippen LogP) is 6.52. The summed E-state index contributed by atoms with van der Waals surface area (Å²) in [5.41, 5.74) is 3.75. The lowest BCUT2D eigenvalue weighted by Gasteiger charge is -2.28. The molecule has 0 aromatic carbocycles. The SMILES string of the molecule is C=C(CC)/C(C)=C\C=C/C(CC[C@H]1CCCCC1C)=NCC. The smallest absolute Gasteiger partial charge is 0.0364 e. The number of nitrogens with zero attached hydrogens (tertiary/aromatic N) is 1. The third kappa shape index (κ3) is 6.77. The Morgan fingerprint density at radius 3 is 2.59 bits per heavy atom. The molecule has 22 heavy (non-hydrogen) atoms. The predicted molar refractivity (Wildman–Crippen MR) is 101 cm³/mol. The van der Waals surface area contributed by atoms with E-state index in [1.54, 1.807) is 0 Å². The van der Waals surface area contributed by atoms with Crippen LogP contribution in [0, 0.1) is 11.8 Å². The van der Waals surface area contributed by atoms with Crippen molar-refractivity contribution in [1.82, 2.24) is 0 Å². The van der Waals surface area contributed by atoms with Gasteiger partial charge >= 0.3 is 0 Å². The minimum Gasteiger partial charge on any atom is -0.290 e. The fraction of sp³-hybridized carbons (Fsp3) is 0.667. The molecule has 1 aliphatic carbocycles. The average molecular weight is 302 g/mol. The molecular formula is C21H35N. The molecule has 0 aliphatic heterocycles. The first-order valence-electron chi connectivity index (χ1n) is 9.14. The maximum Gasteiger partial charge on any atom is 0.0364 e. The van der Waals surface area contributed by atoms with Crippen molar-refractivity contribution in [3.05, 3.63) is 36.0 Å². The molecule has 1 rings (SSSR count). The third-order valence-electron chi connectivity index (χ3n) is 5.04. The van der Waals surface area contributed by atoms with Crippen LogP contribution >= 0.6 is 0 Å². The zero-order chi connectivity index (χ0) is 16.4. The summed E-state index contributed by atoms with van der Waals surface area (Å²) in [4.78, 5) is 4.67. The lowest BCUT2D eigenvalue weighted by molar-refractivity contribution is 0.245. The molecule has 1 unspecified atom stereocenters. The quantitative estimate of drug-likeness (QED) is 0.357. The van der Waals surface area contributed by atoms with Crippen molar-refractivity contribution >= 4 is 5.71 Å². The van der Waals surface area contributed by atoms with Gasteiger partial charge in [0.1, 0.15) is 0 Å². The summed E-state index contributed by atoms with van der Waals surface area (Å²) in [5.74, 6) is 1.80. The van der Waals surface area contributed by atoms with E-state index in [2.05, 4.69) is 57.5 Å². The van der Waals surface area contributed by atoms with Crippen LogP contribution in [0.2, 0.25) is 0 Å². The largest absolute Gasteiger partial charge is 0.290 e. The van der Waals surface area contributed by atoms with Crippen LogP contribution in [0.5, 0.6) is 0 Å². The highest BCUT2D eigenvalue weighted by molar-refractivity contribution is 5.95. The van der Waals surface area contributed by atoms with Gasteiger partial charge in [-0.2, -0.15) is 0 Å².